The number of benzene rings is 1. The average molecular weight is 472 g/mol. The van der Waals surface area contributed by atoms with Crippen LogP contribution >= 0.6 is 0 Å². The molecule has 0 amide bonds. The molecule has 9 heteroatoms. The molecule has 2 aromatic heterocycles. The third-order valence-electron chi connectivity index (χ3n) is 5.89. The fourth-order valence-corrected chi connectivity index (χ4v) is 4.88. The molecule has 1 saturated carbocycles. The zero-order chi connectivity index (χ0) is 23.8. The quantitative estimate of drug-likeness (QED) is 0.485. The number of hydrogen-bond donors (Lipinski definition) is 0. The maximum Gasteiger partial charge on any atom is 0.322 e. The monoisotopic (exact) mass is 471 g/mol. The van der Waals surface area contributed by atoms with Crippen LogP contribution in [0.15, 0.2) is 47.4 Å². The van der Waals surface area contributed by atoms with E-state index in [0.717, 1.165) is 18.4 Å². The van der Waals surface area contributed by atoms with Crippen LogP contribution in [-0.2, 0) is 22.6 Å². The van der Waals surface area contributed by atoms with Crippen LogP contribution in [0, 0.1) is 5.82 Å². The highest BCUT2D eigenvalue weighted by molar-refractivity contribution is 7.91. The molecular formula is C24H26FN3O4S. The van der Waals surface area contributed by atoms with E-state index < -0.39 is 20.9 Å². The first kappa shape index (κ1) is 23.1. The Labute approximate surface area is 192 Å². The molecule has 1 aliphatic rings. The maximum absolute atomic E-state index is 14.7. The third-order valence-corrected chi connectivity index (χ3v) is 8.14. The van der Waals surface area contributed by atoms with Gasteiger partial charge in [0.2, 0.25) is 5.56 Å². The van der Waals surface area contributed by atoms with E-state index in [2.05, 4.69) is 9.97 Å². The summed E-state index contributed by atoms with van der Waals surface area (Å²) < 4.78 is 47.4. The Morgan fingerprint density at radius 2 is 1.97 bits per heavy atom. The summed E-state index contributed by atoms with van der Waals surface area (Å²) in [5, 5.41) is -0.536. The summed E-state index contributed by atoms with van der Waals surface area (Å²) in [7, 11) is -1.85. The summed E-state index contributed by atoms with van der Waals surface area (Å²) in [4.78, 5) is 20.5. The molecule has 0 saturated heterocycles. The van der Waals surface area contributed by atoms with E-state index in [9.17, 15) is 17.6 Å². The van der Waals surface area contributed by atoms with Gasteiger partial charge in [0.1, 0.15) is 0 Å². The molecule has 33 heavy (non-hydrogen) atoms. The van der Waals surface area contributed by atoms with Crippen LogP contribution in [-0.4, -0.2) is 28.2 Å². The van der Waals surface area contributed by atoms with Gasteiger partial charge in [-0.3, -0.25) is 4.79 Å². The highest BCUT2D eigenvalue weighted by Gasteiger charge is 2.29. The summed E-state index contributed by atoms with van der Waals surface area (Å²) in [5.74, 6) is -0.530. The van der Waals surface area contributed by atoms with Crippen molar-refractivity contribution >= 4 is 9.84 Å². The average Bonchev–Trinajstić information content (AvgIpc) is 3.61. The first-order valence-electron chi connectivity index (χ1n) is 10.9. The molecule has 1 fully saturated rings. The van der Waals surface area contributed by atoms with E-state index in [4.69, 9.17) is 4.74 Å². The van der Waals surface area contributed by atoms with Gasteiger partial charge in [0, 0.05) is 30.4 Å². The van der Waals surface area contributed by atoms with Gasteiger partial charge in [-0.05, 0) is 50.3 Å². The van der Waals surface area contributed by atoms with Crippen molar-refractivity contribution in [3.63, 3.8) is 0 Å². The Morgan fingerprint density at radius 1 is 1.21 bits per heavy atom. The second-order valence-electron chi connectivity index (χ2n) is 8.45. The van der Waals surface area contributed by atoms with Gasteiger partial charge in [0.05, 0.1) is 22.4 Å². The highest BCUT2D eigenvalue weighted by Crippen LogP contribution is 2.45. The van der Waals surface area contributed by atoms with Crippen LogP contribution in [0.2, 0.25) is 0 Å². The van der Waals surface area contributed by atoms with Gasteiger partial charge in [0.25, 0.3) is 0 Å². The number of rotatable bonds is 8. The molecule has 7 nitrogen and oxygen atoms in total. The number of halogens is 1. The van der Waals surface area contributed by atoms with Crippen molar-refractivity contribution in [3.05, 3.63) is 70.0 Å². The highest BCUT2D eigenvalue weighted by atomic mass is 32.2. The molecule has 0 spiro atoms. The molecule has 0 aliphatic heterocycles. The zero-order valence-electron chi connectivity index (χ0n) is 18.8. The largest absolute Gasteiger partial charge is 0.421 e. The molecule has 3 aromatic rings. The van der Waals surface area contributed by atoms with Gasteiger partial charge in [-0.15, -0.1) is 0 Å². The Kier molecular flexibility index (Phi) is 6.34. The second kappa shape index (κ2) is 9.05. The Morgan fingerprint density at radius 3 is 2.64 bits per heavy atom. The van der Waals surface area contributed by atoms with Gasteiger partial charge < -0.3 is 9.30 Å². The lowest BCUT2D eigenvalue weighted by atomic mass is 10.1. The summed E-state index contributed by atoms with van der Waals surface area (Å²) in [6, 6.07) is 9.20. The van der Waals surface area contributed by atoms with Crippen LogP contribution in [0.5, 0.6) is 11.8 Å². The van der Waals surface area contributed by atoms with Crippen LogP contribution in [0.4, 0.5) is 4.39 Å². The van der Waals surface area contributed by atoms with Crippen molar-refractivity contribution in [2.45, 2.75) is 50.0 Å². The summed E-state index contributed by atoms with van der Waals surface area (Å²) in [6.45, 7) is 3.47. The van der Waals surface area contributed by atoms with Crippen molar-refractivity contribution in [3.8, 4) is 23.0 Å². The van der Waals surface area contributed by atoms with Crippen molar-refractivity contribution in [2.24, 2.45) is 7.05 Å². The van der Waals surface area contributed by atoms with Crippen molar-refractivity contribution in [1.82, 2.24) is 14.5 Å². The van der Waals surface area contributed by atoms with Crippen LogP contribution in [0.25, 0.3) is 11.3 Å². The van der Waals surface area contributed by atoms with E-state index in [1.165, 1.54) is 16.7 Å². The number of aromatic nitrogens is 3. The minimum Gasteiger partial charge on any atom is -0.421 e. The fourth-order valence-electron chi connectivity index (χ4n) is 3.53. The lowest BCUT2D eigenvalue weighted by Crippen LogP contribution is -2.19. The number of sulfone groups is 1. The molecule has 1 atom stereocenters. The minimum absolute atomic E-state index is 0.0633. The number of pyridine rings is 1. The Hall–Kier alpha value is -3.07. The molecular weight excluding hydrogens is 445 g/mol. The Bertz CT molecular complexity index is 1350. The van der Waals surface area contributed by atoms with Gasteiger partial charge in [-0.1, -0.05) is 19.1 Å². The van der Waals surface area contributed by atoms with Gasteiger partial charge in [-0.25, -0.2) is 12.8 Å². The molecule has 0 radical (unpaired) electrons. The number of ether oxygens (including phenoxy) is 1. The molecule has 0 N–H and O–H groups in total. The topological polar surface area (TPSA) is 91.2 Å². The molecule has 0 unspecified atom stereocenters. The predicted molar refractivity (Wildman–Crippen MR) is 124 cm³/mol. The van der Waals surface area contributed by atoms with E-state index in [1.54, 1.807) is 38.4 Å². The number of hydrogen-bond acceptors (Lipinski definition) is 6. The van der Waals surface area contributed by atoms with Gasteiger partial charge in [-0.2, -0.15) is 9.97 Å². The molecule has 1 aliphatic carbocycles. The smallest absolute Gasteiger partial charge is 0.322 e. The second-order valence-corrected chi connectivity index (χ2v) is 10.9. The molecule has 1 aromatic carbocycles. The standard InChI is InChI=1S/C24H26FN3O4S/c1-4-15(2)33(30,31)14-18-12-21(17-10-11-22(29)28(3)13-17)27-24(26-18)32-23-19(16-8-9-16)6-5-7-20(23)25/h5-7,10-13,15-16H,4,8-9,14H2,1-3H3/t15-/m0/s1. The first-order valence-corrected chi connectivity index (χ1v) is 12.6. The predicted octanol–water partition coefficient (Wildman–Crippen LogP) is 4.36. The van der Waals surface area contributed by atoms with Gasteiger partial charge in [0.15, 0.2) is 21.4 Å². The first-order chi connectivity index (χ1) is 15.7. The molecule has 0 bridgehead atoms. The number of nitrogens with zero attached hydrogens (tertiary/aromatic N) is 3. The van der Waals surface area contributed by atoms with E-state index in [0.29, 0.717) is 17.7 Å². The van der Waals surface area contributed by atoms with Crippen LogP contribution < -0.4 is 10.3 Å². The van der Waals surface area contributed by atoms with Gasteiger partial charge >= 0.3 is 6.01 Å². The number of aryl methyl sites for hydroxylation is 1. The third kappa shape index (κ3) is 5.13. The summed E-state index contributed by atoms with van der Waals surface area (Å²) in [6.07, 6.45) is 3.98. The number of para-hydroxylation sites is 1. The van der Waals surface area contributed by atoms with Crippen LogP contribution in [0.3, 0.4) is 0 Å². The molecule has 4 rings (SSSR count). The maximum atomic E-state index is 14.7. The molecule has 174 valence electrons. The van der Waals surface area contributed by atoms with Crippen molar-refractivity contribution in [1.29, 1.82) is 0 Å². The zero-order valence-corrected chi connectivity index (χ0v) is 19.6. The van der Waals surface area contributed by atoms with Crippen molar-refractivity contribution in [2.75, 3.05) is 0 Å². The Balaban J connectivity index is 1.79. The summed E-state index contributed by atoms with van der Waals surface area (Å²) >= 11 is 0. The normalized spacial score (nSPS) is 14.8. The lowest BCUT2D eigenvalue weighted by molar-refractivity contribution is 0.405. The lowest BCUT2D eigenvalue weighted by Gasteiger charge is -2.14. The van der Waals surface area contributed by atoms with Crippen LogP contribution in [0.1, 0.15) is 50.3 Å². The van der Waals surface area contributed by atoms with Crippen molar-refractivity contribution < 1.29 is 17.5 Å². The summed E-state index contributed by atoms with van der Waals surface area (Å²) in [5.41, 5.74) is 1.77. The minimum atomic E-state index is -3.46. The van der Waals surface area contributed by atoms with E-state index in [-0.39, 0.29) is 34.7 Å². The fraction of sp³-hybridized carbons (Fsp3) is 0.375. The molecule has 2 heterocycles. The SMILES string of the molecule is CC[C@H](C)S(=O)(=O)Cc1cc(-c2ccc(=O)n(C)c2)nc(Oc2c(F)cccc2C2CC2)n1. The van der Waals surface area contributed by atoms with E-state index in [1.807, 2.05) is 13.0 Å². The van der Waals surface area contributed by atoms with E-state index >= 15 is 0 Å².